The molecule has 2 aliphatic heterocycles. The first-order valence-electron chi connectivity index (χ1n) is 11.1. The van der Waals surface area contributed by atoms with Crippen LogP contribution in [0.3, 0.4) is 0 Å². The van der Waals surface area contributed by atoms with Gasteiger partial charge in [0.15, 0.2) is 0 Å². The van der Waals surface area contributed by atoms with E-state index in [4.69, 9.17) is 41.5 Å². The summed E-state index contributed by atoms with van der Waals surface area (Å²) in [6.07, 6.45) is 3.86. The summed E-state index contributed by atoms with van der Waals surface area (Å²) in [5.41, 5.74) is 10.9. The second kappa shape index (κ2) is 7.22. The number of anilines is 2. The predicted molar refractivity (Wildman–Crippen MR) is 118 cm³/mol. The van der Waals surface area contributed by atoms with Crippen molar-refractivity contribution in [1.29, 1.82) is 0 Å². The average molecular weight is 443 g/mol. The molecule has 164 valence electrons. The minimum Gasteiger partial charge on any atom is -0.467 e. The standard InChI is InChI=1S/C23H27ClN4O3/c1-29-22-26-19-11-23(14-7-13(8-14)20-17(23)9-15(25)10-18(20)24)31-12-16(19)21(27-22)28-3-2-5-30-6-4-28/h9-10,13-14H,2-8,11-12,25H2,1H3/t13?,14?,23-/m1/s1. The molecule has 31 heavy (non-hydrogen) atoms. The molecule has 3 aliphatic carbocycles. The molecule has 2 bridgehead atoms. The number of nitrogens with zero attached hydrogens (tertiary/aromatic N) is 3. The van der Waals surface area contributed by atoms with Crippen LogP contribution in [0.5, 0.6) is 6.01 Å². The van der Waals surface area contributed by atoms with Crippen molar-refractivity contribution < 1.29 is 14.2 Å². The summed E-state index contributed by atoms with van der Waals surface area (Å²) < 4.78 is 17.9. The Hall–Kier alpha value is -2.09. The second-order valence-electron chi connectivity index (χ2n) is 9.10. The Labute approximate surface area is 186 Å². The summed E-state index contributed by atoms with van der Waals surface area (Å²) in [7, 11) is 1.62. The molecule has 1 spiro atoms. The minimum absolute atomic E-state index is 0.407. The lowest BCUT2D eigenvalue weighted by Gasteiger charge is -2.57. The van der Waals surface area contributed by atoms with E-state index in [1.807, 2.05) is 6.07 Å². The van der Waals surface area contributed by atoms with Gasteiger partial charge in [-0.3, -0.25) is 0 Å². The first-order chi connectivity index (χ1) is 15.1. The van der Waals surface area contributed by atoms with Crippen molar-refractivity contribution in [3.05, 3.63) is 39.5 Å². The van der Waals surface area contributed by atoms with Gasteiger partial charge in [-0.1, -0.05) is 11.6 Å². The zero-order valence-electron chi connectivity index (χ0n) is 17.7. The first kappa shape index (κ1) is 19.6. The van der Waals surface area contributed by atoms with Gasteiger partial charge in [0.1, 0.15) is 11.4 Å². The molecule has 1 saturated carbocycles. The fraction of sp³-hybridized carbons (Fsp3) is 0.565. The summed E-state index contributed by atoms with van der Waals surface area (Å²) in [5.74, 6) is 1.87. The topological polar surface area (TPSA) is 82.7 Å². The summed E-state index contributed by atoms with van der Waals surface area (Å²) >= 11 is 6.66. The lowest BCUT2D eigenvalue weighted by Crippen LogP contribution is -2.53. The number of halogens is 1. The molecular weight excluding hydrogens is 416 g/mol. The Morgan fingerprint density at radius 3 is 2.94 bits per heavy atom. The number of ether oxygens (including phenoxy) is 3. The molecule has 2 N–H and O–H groups in total. The highest BCUT2D eigenvalue weighted by Crippen LogP contribution is 2.63. The maximum Gasteiger partial charge on any atom is 0.318 e. The van der Waals surface area contributed by atoms with Crippen molar-refractivity contribution in [1.82, 2.24) is 9.97 Å². The number of hydrogen-bond acceptors (Lipinski definition) is 7. The minimum atomic E-state index is -0.436. The van der Waals surface area contributed by atoms with Crippen LogP contribution in [-0.4, -0.2) is 43.4 Å². The Balaban J connectivity index is 1.45. The van der Waals surface area contributed by atoms with Gasteiger partial charge in [-0.05, 0) is 54.4 Å². The van der Waals surface area contributed by atoms with E-state index in [1.54, 1.807) is 7.11 Å². The largest absolute Gasteiger partial charge is 0.467 e. The Morgan fingerprint density at radius 1 is 1.23 bits per heavy atom. The van der Waals surface area contributed by atoms with Gasteiger partial charge in [0.05, 0.1) is 26.0 Å². The van der Waals surface area contributed by atoms with Crippen molar-refractivity contribution >= 4 is 23.1 Å². The molecule has 5 aliphatic rings. The summed E-state index contributed by atoms with van der Waals surface area (Å²) in [5, 5.41) is 0.762. The zero-order valence-corrected chi connectivity index (χ0v) is 18.5. The van der Waals surface area contributed by atoms with E-state index in [1.165, 1.54) is 5.56 Å². The van der Waals surface area contributed by atoms with Gasteiger partial charge in [0.2, 0.25) is 0 Å². The quantitative estimate of drug-likeness (QED) is 0.713. The van der Waals surface area contributed by atoms with Crippen LogP contribution in [0.1, 0.15) is 47.6 Å². The molecule has 1 saturated heterocycles. The molecule has 7 rings (SSSR count). The third kappa shape index (κ3) is 2.93. The van der Waals surface area contributed by atoms with Crippen LogP contribution in [0, 0.1) is 5.92 Å². The molecule has 2 fully saturated rings. The number of fused-ring (bicyclic) bond motifs is 1. The number of hydrogen-bond donors (Lipinski definition) is 1. The van der Waals surface area contributed by atoms with Crippen molar-refractivity contribution in [2.45, 2.75) is 43.8 Å². The van der Waals surface area contributed by atoms with Crippen LogP contribution < -0.4 is 15.4 Å². The van der Waals surface area contributed by atoms with E-state index >= 15 is 0 Å². The fourth-order valence-corrected chi connectivity index (χ4v) is 6.28. The van der Waals surface area contributed by atoms with Crippen molar-refractivity contribution in [3.63, 3.8) is 0 Å². The molecule has 2 aromatic rings. The van der Waals surface area contributed by atoms with Crippen LogP contribution in [0.15, 0.2) is 12.1 Å². The lowest BCUT2D eigenvalue weighted by atomic mass is 9.53. The van der Waals surface area contributed by atoms with Crippen LogP contribution in [0.4, 0.5) is 11.5 Å². The molecule has 1 atom stereocenters. The molecule has 3 heterocycles. The summed E-state index contributed by atoms with van der Waals surface area (Å²) in [6, 6.07) is 4.34. The number of nitrogens with two attached hydrogens (primary N) is 1. The normalized spacial score (nSPS) is 29.0. The van der Waals surface area contributed by atoms with E-state index in [0.29, 0.717) is 43.2 Å². The molecule has 0 unspecified atom stereocenters. The van der Waals surface area contributed by atoms with Crippen LogP contribution >= 0.6 is 11.6 Å². The molecule has 8 heteroatoms. The molecule has 0 radical (unpaired) electrons. The van der Waals surface area contributed by atoms with E-state index in [0.717, 1.165) is 66.6 Å². The van der Waals surface area contributed by atoms with E-state index < -0.39 is 5.60 Å². The number of aromatic nitrogens is 2. The second-order valence-corrected chi connectivity index (χ2v) is 9.50. The van der Waals surface area contributed by atoms with Gasteiger partial charge in [-0.2, -0.15) is 9.97 Å². The Bertz CT molecular complexity index is 1030. The van der Waals surface area contributed by atoms with E-state index in [-0.39, 0.29) is 0 Å². The van der Waals surface area contributed by atoms with Gasteiger partial charge in [0, 0.05) is 42.4 Å². The maximum absolute atomic E-state index is 6.76. The number of nitrogen functional groups attached to an aromatic ring is 1. The fourth-order valence-electron chi connectivity index (χ4n) is 5.89. The number of methoxy groups -OCH3 is 1. The molecule has 7 nitrogen and oxygen atoms in total. The van der Waals surface area contributed by atoms with Gasteiger partial charge in [-0.15, -0.1) is 0 Å². The van der Waals surface area contributed by atoms with Crippen molar-refractivity contribution in [2.75, 3.05) is 44.0 Å². The monoisotopic (exact) mass is 442 g/mol. The van der Waals surface area contributed by atoms with E-state index in [9.17, 15) is 0 Å². The number of rotatable bonds is 2. The molecule has 1 aromatic carbocycles. The Kier molecular flexibility index (Phi) is 4.56. The highest BCUT2D eigenvalue weighted by molar-refractivity contribution is 6.31. The van der Waals surface area contributed by atoms with E-state index in [2.05, 4.69) is 11.0 Å². The van der Waals surface area contributed by atoms with Gasteiger partial charge in [0.25, 0.3) is 0 Å². The average Bonchev–Trinajstić information content (AvgIpc) is 3.02. The third-order valence-corrected chi connectivity index (χ3v) is 7.79. The Morgan fingerprint density at radius 2 is 2.10 bits per heavy atom. The lowest BCUT2D eigenvalue weighted by molar-refractivity contribution is -0.150. The maximum atomic E-state index is 6.76. The highest BCUT2D eigenvalue weighted by atomic mass is 35.5. The van der Waals surface area contributed by atoms with Crippen LogP contribution in [0.25, 0.3) is 0 Å². The summed E-state index contributed by atoms with van der Waals surface area (Å²) in [6.45, 7) is 3.65. The van der Waals surface area contributed by atoms with Gasteiger partial charge >= 0.3 is 6.01 Å². The number of benzene rings is 1. The van der Waals surface area contributed by atoms with Crippen LogP contribution in [-0.2, 0) is 28.1 Å². The zero-order chi connectivity index (χ0) is 21.2. The molecular formula is C23H27ClN4O3. The smallest absolute Gasteiger partial charge is 0.318 e. The van der Waals surface area contributed by atoms with Crippen molar-refractivity contribution in [2.24, 2.45) is 5.92 Å². The molecule has 0 amide bonds. The van der Waals surface area contributed by atoms with Gasteiger partial charge in [-0.25, -0.2) is 0 Å². The van der Waals surface area contributed by atoms with Crippen LogP contribution in [0.2, 0.25) is 5.02 Å². The first-order valence-corrected chi connectivity index (χ1v) is 11.5. The summed E-state index contributed by atoms with van der Waals surface area (Å²) in [4.78, 5) is 11.8. The molecule has 1 aromatic heterocycles. The SMILES string of the molecule is COc1nc2c(c(N3CCCOCC3)n1)CO[C@@]1(C2)c2cc(N)cc(Cl)c2C2CC1C2. The van der Waals surface area contributed by atoms with Gasteiger partial charge < -0.3 is 24.8 Å². The highest BCUT2D eigenvalue weighted by Gasteiger charge is 2.57. The van der Waals surface area contributed by atoms with Crippen molar-refractivity contribution in [3.8, 4) is 6.01 Å². The predicted octanol–water partition coefficient (Wildman–Crippen LogP) is 3.42. The third-order valence-electron chi connectivity index (χ3n) is 7.47.